The van der Waals surface area contributed by atoms with E-state index in [1.165, 1.54) is 0 Å². The number of rotatable bonds is 5. The van der Waals surface area contributed by atoms with Crippen molar-refractivity contribution in [3.63, 3.8) is 0 Å². The minimum Gasteiger partial charge on any atom is -0.492 e. The molecule has 0 saturated carbocycles. The lowest BCUT2D eigenvalue weighted by molar-refractivity contribution is -0.150. The molecule has 0 bridgehead atoms. The molecule has 1 amide bonds. The molecule has 1 aliphatic rings. The van der Waals surface area contributed by atoms with Crippen LogP contribution in [-0.2, 0) is 14.3 Å². The van der Waals surface area contributed by atoms with Crippen molar-refractivity contribution in [2.24, 2.45) is 0 Å². The fourth-order valence-electron chi connectivity index (χ4n) is 2.10. The second-order valence-corrected chi connectivity index (χ2v) is 5.03. The fraction of sp³-hybridized carbons (Fsp3) is 0.429. The van der Waals surface area contributed by atoms with E-state index < -0.39 is 18.2 Å². The highest BCUT2D eigenvalue weighted by atomic mass is 35.5. The third-order valence-corrected chi connectivity index (χ3v) is 3.32. The number of benzene rings is 1. The Balaban J connectivity index is 2.05. The number of carbonyl (C=O) groups is 2. The number of aliphatic carboxylic acids is 1. The highest BCUT2D eigenvalue weighted by molar-refractivity contribution is 6.30. The predicted octanol–water partition coefficient (Wildman–Crippen LogP) is 2.31. The lowest BCUT2D eigenvalue weighted by Gasteiger charge is -2.15. The van der Waals surface area contributed by atoms with Gasteiger partial charge in [0.2, 0.25) is 0 Å². The number of carboxylic acids is 1. The zero-order valence-electron chi connectivity index (χ0n) is 11.5. The van der Waals surface area contributed by atoms with E-state index in [0.717, 1.165) is 0 Å². The molecule has 2 rings (SSSR count). The van der Waals surface area contributed by atoms with Gasteiger partial charge in [-0.2, -0.15) is 0 Å². The highest BCUT2D eigenvalue weighted by Gasteiger charge is 2.34. The maximum Gasteiger partial charge on any atom is 0.332 e. The Hall–Kier alpha value is -1.79. The molecule has 0 aromatic heterocycles. The molecule has 1 aromatic carbocycles. The molecular weight excluding hydrogens is 298 g/mol. The van der Waals surface area contributed by atoms with Gasteiger partial charge in [0, 0.05) is 11.1 Å². The van der Waals surface area contributed by atoms with Gasteiger partial charge in [-0.05, 0) is 31.9 Å². The minimum absolute atomic E-state index is 0.326. The first kappa shape index (κ1) is 15.6. The Bertz CT molecular complexity index is 548. The van der Waals surface area contributed by atoms with Crippen LogP contribution in [0.4, 0.5) is 5.69 Å². The Morgan fingerprint density at radius 2 is 2.14 bits per heavy atom. The molecule has 7 heteroatoms. The minimum atomic E-state index is -1.05. The van der Waals surface area contributed by atoms with E-state index in [4.69, 9.17) is 26.2 Å². The van der Waals surface area contributed by atoms with Crippen LogP contribution < -0.4 is 10.1 Å². The molecule has 1 fully saturated rings. The van der Waals surface area contributed by atoms with Gasteiger partial charge in [0.05, 0.1) is 12.3 Å². The number of halogens is 1. The van der Waals surface area contributed by atoms with Crippen LogP contribution >= 0.6 is 11.6 Å². The van der Waals surface area contributed by atoms with E-state index in [2.05, 4.69) is 5.32 Å². The normalized spacial score (nSPS) is 21.0. The van der Waals surface area contributed by atoms with Crippen molar-refractivity contribution in [3.8, 4) is 5.75 Å². The Labute approximate surface area is 127 Å². The van der Waals surface area contributed by atoms with E-state index in [9.17, 15) is 9.59 Å². The standard InChI is InChI=1S/C14H16ClNO5/c1-2-20-12-7-8(15)3-4-9(12)16-13(17)10-5-6-11(21-10)14(18)19/h3-4,7,10-11H,2,5-6H2,1H3,(H,16,17)(H,18,19)/t10-,11+/m0/s1. The average Bonchev–Trinajstić information content (AvgIpc) is 2.92. The van der Waals surface area contributed by atoms with E-state index in [0.29, 0.717) is 35.9 Å². The van der Waals surface area contributed by atoms with Gasteiger partial charge < -0.3 is 19.9 Å². The van der Waals surface area contributed by atoms with E-state index >= 15 is 0 Å². The van der Waals surface area contributed by atoms with Crippen molar-refractivity contribution in [2.45, 2.75) is 32.0 Å². The smallest absolute Gasteiger partial charge is 0.332 e. The molecule has 21 heavy (non-hydrogen) atoms. The van der Waals surface area contributed by atoms with Crippen molar-refractivity contribution >= 4 is 29.2 Å². The van der Waals surface area contributed by atoms with Gasteiger partial charge in [0.1, 0.15) is 11.9 Å². The number of hydrogen-bond acceptors (Lipinski definition) is 4. The maximum atomic E-state index is 12.1. The third-order valence-electron chi connectivity index (χ3n) is 3.09. The van der Waals surface area contributed by atoms with Crippen LogP contribution in [0, 0.1) is 0 Å². The van der Waals surface area contributed by atoms with Gasteiger partial charge in [-0.15, -0.1) is 0 Å². The summed E-state index contributed by atoms with van der Waals surface area (Å²) in [6.45, 7) is 2.26. The summed E-state index contributed by atoms with van der Waals surface area (Å²) < 4.78 is 10.6. The Morgan fingerprint density at radius 1 is 1.43 bits per heavy atom. The average molecular weight is 314 g/mol. The van der Waals surface area contributed by atoms with Crippen molar-refractivity contribution in [3.05, 3.63) is 23.2 Å². The number of anilines is 1. The molecular formula is C14H16ClNO5. The van der Waals surface area contributed by atoms with Crippen LogP contribution in [-0.4, -0.2) is 35.8 Å². The van der Waals surface area contributed by atoms with Crippen LogP contribution in [0.5, 0.6) is 5.75 Å². The summed E-state index contributed by atoms with van der Waals surface area (Å²) in [6, 6.07) is 4.88. The molecule has 1 aliphatic heterocycles. The van der Waals surface area contributed by atoms with Crippen molar-refractivity contribution in [1.82, 2.24) is 0 Å². The molecule has 114 valence electrons. The molecule has 1 heterocycles. The second kappa shape index (κ2) is 6.78. The zero-order valence-corrected chi connectivity index (χ0v) is 12.2. The summed E-state index contributed by atoms with van der Waals surface area (Å²) in [5.74, 6) is -0.972. The largest absolute Gasteiger partial charge is 0.492 e. The molecule has 0 unspecified atom stereocenters. The number of hydrogen-bond donors (Lipinski definition) is 2. The van der Waals surface area contributed by atoms with Crippen LogP contribution in [0.2, 0.25) is 5.02 Å². The summed E-state index contributed by atoms with van der Waals surface area (Å²) >= 11 is 5.89. The molecule has 6 nitrogen and oxygen atoms in total. The number of amides is 1. The predicted molar refractivity (Wildman–Crippen MR) is 76.8 cm³/mol. The highest BCUT2D eigenvalue weighted by Crippen LogP contribution is 2.29. The van der Waals surface area contributed by atoms with Gasteiger partial charge in [-0.1, -0.05) is 11.6 Å². The van der Waals surface area contributed by atoms with Gasteiger partial charge in [-0.3, -0.25) is 4.79 Å². The number of carboxylic acid groups (broad SMARTS) is 1. The van der Waals surface area contributed by atoms with E-state index in [1.54, 1.807) is 18.2 Å². The quantitative estimate of drug-likeness (QED) is 0.871. The second-order valence-electron chi connectivity index (χ2n) is 4.59. The maximum absolute atomic E-state index is 12.1. The van der Waals surface area contributed by atoms with Crippen LogP contribution in [0.1, 0.15) is 19.8 Å². The van der Waals surface area contributed by atoms with Crippen LogP contribution in [0.15, 0.2) is 18.2 Å². The topological polar surface area (TPSA) is 84.9 Å². The SMILES string of the molecule is CCOc1cc(Cl)ccc1NC(=O)[C@@H]1CC[C@H](C(=O)O)O1. The molecule has 1 saturated heterocycles. The summed E-state index contributed by atoms with van der Waals surface area (Å²) in [6.07, 6.45) is -0.985. The van der Waals surface area contributed by atoms with Gasteiger partial charge in [0.25, 0.3) is 5.91 Å². The number of nitrogens with one attached hydrogen (secondary N) is 1. The van der Waals surface area contributed by atoms with Gasteiger partial charge >= 0.3 is 5.97 Å². The Morgan fingerprint density at radius 3 is 2.76 bits per heavy atom. The van der Waals surface area contributed by atoms with E-state index in [1.807, 2.05) is 6.92 Å². The zero-order chi connectivity index (χ0) is 15.4. The summed E-state index contributed by atoms with van der Waals surface area (Å²) in [7, 11) is 0. The van der Waals surface area contributed by atoms with Gasteiger partial charge in [-0.25, -0.2) is 4.79 Å². The fourth-order valence-corrected chi connectivity index (χ4v) is 2.26. The number of ether oxygens (including phenoxy) is 2. The molecule has 0 radical (unpaired) electrons. The molecule has 2 atom stereocenters. The molecule has 0 aliphatic carbocycles. The summed E-state index contributed by atoms with van der Waals surface area (Å²) in [5, 5.41) is 12.0. The lowest BCUT2D eigenvalue weighted by Crippen LogP contribution is -2.30. The number of carbonyl (C=O) groups excluding carboxylic acids is 1. The summed E-state index contributed by atoms with van der Waals surface area (Å²) in [5.41, 5.74) is 0.480. The third kappa shape index (κ3) is 3.86. The van der Waals surface area contributed by atoms with Crippen molar-refractivity contribution in [2.75, 3.05) is 11.9 Å². The molecule has 2 N–H and O–H groups in total. The molecule has 0 spiro atoms. The van der Waals surface area contributed by atoms with Crippen LogP contribution in [0.3, 0.4) is 0 Å². The van der Waals surface area contributed by atoms with Crippen molar-refractivity contribution < 1.29 is 24.2 Å². The van der Waals surface area contributed by atoms with Gasteiger partial charge in [0.15, 0.2) is 6.10 Å². The molecule has 1 aromatic rings. The monoisotopic (exact) mass is 313 g/mol. The lowest BCUT2D eigenvalue weighted by atomic mass is 10.2. The summed E-state index contributed by atoms with van der Waals surface area (Å²) in [4.78, 5) is 22.9. The Kier molecular flexibility index (Phi) is 5.03. The first-order valence-electron chi connectivity index (χ1n) is 6.62. The van der Waals surface area contributed by atoms with E-state index in [-0.39, 0.29) is 5.91 Å². The van der Waals surface area contributed by atoms with Crippen LogP contribution in [0.25, 0.3) is 0 Å². The first-order valence-corrected chi connectivity index (χ1v) is 7.00. The van der Waals surface area contributed by atoms with Crippen molar-refractivity contribution in [1.29, 1.82) is 0 Å². The first-order chi connectivity index (χ1) is 10.0.